The van der Waals surface area contributed by atoms with Crippen molar-refractivity contribution in [3.63, 3.8) is 0 Å². The van der Waals surface area contributed by atoms with E-state index in [1.54, 1.807) is 17.1 Å². The fourth-order valence-electron chi connectivity index (χ4n) is 2.58. The first-order valence-electron chi connectivity index (χ1n) is 7.15. The van der Waals surface area contributed by atoms with Crippen molar-refractivity contribution in [3.8, 4) is 0 Å². The van der Waals surface area contributed by atoms with Gasteiger partial charge in [0.05, 0.1) is 12.7 Å². The van der Waals surface area contributed by atoms with Crippen LogP contribution in [0.3, 0.4) is 0 Å². The molecule has 1 aliphatic rings. The van der Waals surface area contributed by atoms with Crippen LogP contribution in [0.25, 0.3) is 0 Å². The largest absolute Gasteiger partial charge is 0.340 e. The lowest BCUT2D eigenvalue weighted by Crippen LogP contribution is -2.46. The van der Waals surface area contributed by atoms with Crippen LogP contribution in [0.1, 0.15) is 32.6 Å². The van der Waals surface area contributed by atoms with Crippen LogP contribution in [0.4, 0.5) is 0 Å². The Kier molecular flexibility index (Phi) is 5.32. The van der Waals surface area contributed by atoms with E-state index in [1.165, 1.54) is 0 Å². The van der Waals surface area contributed by atoms with E-state index in [-0.39, 0.29) is 5.91 Å². The van der Waals surface area contributed by atoms with E-state index in [9.17, 15) is 4.79 Å². The molecule has 1 amide bonds. The number of carbonyl (C=O) groups is 1. The van der Waals surface area contributed by atoms with E-state index in [4.69, 9.17) is 0 Å². The zero-order chi connectivity index (χ0) is 13.5. The van der Waals surface area contributed by atoms with Crippen molar-refractivity contribution >= 4 is 5.91 Å². The molecular formula is C13H23N5O. The van der Waals surface area contributed by atoms with Crippen molar-refractivity contribution in [1.82, 2.24) is 25.2 Å². The Morgan fingerprint density at radius 2 is 2.26 bits per heavy atom. The molecule has 1 aromatic heterocycles. The van der Waals surface area contributed by atoms with Crippen LogP contribution in [0.5, 0.6) is 0 Å². The summed E-state index contributed by atoms with van der Waals surface area (Å²) in [5.74, 6) is 0.240. The van der Waals surface area contributed by atoms with Crippen LogP contribution in [-0.2, 0) is 11.3 Å². The standard InChI is InChI=1S/C13H23N5O/c1-2-9-18(12-3-6-14-7-4-12)13(19)5-10-17-11-8-15-16-17/h8,11-12,14H,2-7,9-10H2,1H3. The first kappa shape index (κ1) is 14.0. The maximum absolute atomic E-state index is 12.4. The van der Waals surface area contributed by atoms with Crippen LogP contribution >= 0.6 is 0 Å². The number of hydrogen-bond acceptors (Lipinski definition) is 4. The Morgan fingerprint density at radius 3 is 2.89 bits per heavy atom. The van der Waals surface area contributed by atoms with Crippen LogP contribution < -0.4 is 5.32 Å². The third-order valence-corrected chi connectivity index (χ3v) is 3.56. The zero-order valence-corrected chi connectivity index (χ0v) is 11.6. The summed E-state index contributed by atoms with van der Waals surface area (Å²) < 4.78 is 1.71. The van der Waals surface area contributed by atoms with Gasteiger partial charge in [0.1, 0.15) is 0 Å². The normalized spacial score (nSPS) is 16.5. The number of nitrogens with zero attached hydrogens (tertiary/aromatic N) is 4. The van der Waals surface area contributed by atoms with Crippen LogP contribution in [0.15, 0.2) is 12.4 Å². The highest BCUT2D eigenvalue weighted by Crippen LogP contribution is 2.14. The van der Waals surface area contributed by atoms with Crippen molar-refractivity contribution in [2.24, 2.45) is 0 Å². The predicted octanol–water partition coefficient (Wildman–Crippen LogP) is 0.659. The minimum absolute atomic E-state index is 0.240. The smallest absolute Gasteiger partial charge is 0.224 e. The van der Waals surface area contributed by atoms with E-state index >= 15 is 0 Å². The lowest BCUT2D eigenvalue weighted by Gasteiger charge is -2.34. The molecule has 1 N–H and O–H groups in total. The number of amides is 1. The molecule has 0 saturated carbocycles. The van der Waals surface area contributed by atoms with Gasteiger partial charge in [-0.25, -0.2) is 0 Å². The molecule has 6 nitrogen and oxygen atoms in total. The second kappa shape index (κ2) is 7.23. The predicted molar refractivity (Wildman–Crippen MR) is 72.5 cm³/mol. The average molecular weight is 265 g/mol. The van der Waals surface area contributed by atoms with Crippen LogP contribution in [-0.4, -0.2) is 51.5 Å². The molecule has 2 rings (SSSR count). The van der Waals surface area contributed by atoms with Gasteiger partial charge in [-0.2, -0.15) is 0 Å². The van der Waals surface area contributed by atoms with Crippen LogP contribution in [0, 0.1) is 0 Å². The minimum atomic E-state index is 0.240. The third-order valence-electron chi connectivity index (χ3n) is 3.56. The summed E-state index contributed by atoms with van der Waals surface area (Å²) in [6, 6.07) is 0.407. The molecule has 1 saturated heterocycles. The molecule has 2 heterocycles. The summed E-state index contributed by atoms with van der Waals surface area (Å²) >= 11 is 0. The summed E-state index contributed by atoms with van der Waals surface area (Å²) in [7, 11) is 0. The van der Waals surface area contributed by atoms with Gasteiger partial charge in [-0.3, -0.25) is 9.48 Å². The summed E-state index contributed by atoms with van der Waals surface area (Å²) in [6.45, 7) is 5.63. The summed E-state index contributed by atoms with van der Waals surface area (Å²) in [5.41, 5.74) is 0. The van der Waals surface area contributed by atoms with Crippen molar-refractivity contribution in [2.45, 2.75) is 45.2 Å². The molecule has 1 fully saturated rings. The molecule has 0 atom stereocenters. The highest BCUT2D eigenvalue weighted by molar-refractivity contribution is 5.76. The molecule has 0 spiro atoms. The number of rotatable bonds is 6. The minimum Gasteiger partial charge on any atom is -0.340 e. The van der Waals surface area contributed by atoms with Crippen molar-refractivity contribution < 1.29 is 4.79 Å². The number of carbonyl (C=O) groups excluding carboxylic acids is 1. The Morgan fingerprint density at radius 1 is 1.47 bits per heavy atom. The quantitative estimate of drug-likeness (QED) is 0.820. The third kappa shape index (κ3) is 4.02. The molecule has 106 valence electrons. The highest BCUT2D eigenvalue weighted by Gasteiger charge is 2.24. The molecule has 0 bridgehead atoms. The van der Waals surface area contributed by atoms with Crippen molar-refractivity contribution in [1.29, 1.82) is 0 Å². The zero-order valence-electron chi connectivity index (χ0n) is 11.6. The highest BCUT2D eigenvalue weighted by atomic mass is 16.2. The van der Waals surface area contributed by atoms with Gasteiger partial charge in [-0.1, -0.05) is 12.1 Å². The Hall–Kier alpha value is -1.43. The van der Waals surface area contributed by atoms with Gasteiger partial charge < -0.3 is 10.2 Å². The van der Waals surface area contributed by atoms with E-state index < -0.39 is 0 Å². The lowest BCUT2D eigenvalue weighted by molar-refractivity contribution is -0.134. The molecule has 0 aliphatic carbocycles. The van der Waals surface area contributed by atoms with E-state index in [0.717, 1.165) is 38.9 Å². The fourth-order valence-corrected chi connectivity index (χ4v) is 2.58. The van der Waals surface area contributed by atoms with E-state index in [1.807, 2.05) is 0 Å². The summed E-state index contributed by atoms with van der Waals surface area (Å²) in [5, 5.41) is 11.0. The van der Waals surface area contributed by atoms with Gasteiger partial charge in [0.25, 0.3) is 0 Å². The molecule has 6 heteroatoms. The Bertz CT molecular complexity index is 372. The molecular weight excluding hydrogens is 242 g/mol. The van der Waals surface area contributed by atoms with Gasteiger partial charge in [-0.15, -0.1) is 5.10 Å². The van der Waals surface area contributed by atoms with Gasteiger partial charge in [0.15, 0.2) is 0 Å². The second-order valence-electron chi connectivity index (χ2n) is 4.98. The fraction of sp³-hybridized carbons (Fsp3) is 0.769. The first-order valence-corrected chi connectivity index (χ1v) is 7.15. The number of aryl methyl sites for hydroxylation is 1. The number of nitrogens with one attached hydrogen (secondary N) is 1. The van der Waals surface area contributed by atoms with E-state index in [0.29, 0.717) is 19.0 Å². The van der Waals surface area contributed by atoms with Crippen LogP contribution in [0.2, 0.25) is 0 Å². The molecule has 0 unspecified atom stereocenters. The van der Waals surface area contributed by atoms with Crippen molar-refractivity contribution in [3.05, 3.63) is 12.4 Å². The Balaban J connectivity index is 1.87. The SMILES string of the molecule is CCCN(C(=O)CCn1ccnn1)C1CCNCC1. The Labute approximate surface area is 114 Å². The topological polar surface area (TPSA) is 63.1 Å². The van der Waals surface area contributed by atoms with Gasteiger partial charge in [-0.05, 0) is 32.4 Å². The number of aromatic nitrogens is 3. The van der Waals surface area contributed by atoms with Gasteiger partial charge in [0, 0.05) is 25.2 Å². The van der Waals surface area contributed by atoms with E-state index in [2.05, 4.69) is 27.5 Å². The lowest BCUT2D eigenvalue weighted by atomic mass is 10.0. The molecule has 19 heavy (non-hydrogen) atoms. The molecule has 1 aromatic rings. The summed E-state index contributed by atoms with van der Waals surface area (Å²) in [4.78, 5) is 14.4. The molecule has 1 aliphatic heterocycles. The summed E-state index contributed by atoms with van der Waals surface area (Å²) in [6.07, 6.45) is 7.08. The van der Waals surface area contributed by atoms with Gasteiger partial charge >= 0.3 is 0 Å². The monoisotopic (exact) mass is 265 g/mol. The molecule has 0 aromatic carbocycles. The first-order chi connectivity index (χ1) is 9.31. The average Bonchev–Trinajstić information content (AvgIpc) is 2.96. The second-order valence-corrected chi connectivity index (χ2v) is 4.98. The van der Waals surface area contributed by atoms with Gasteiger partial charge in [0.2, 0.25) is 5.91 Å². The maximum atomic E-state index is 12.4. The number of hydrogen-bond donors (Lipinski definition) is 1. The van der Waals surface area contributed by atoms with Crippen molar-refractivity contribution in [2.75, 3.05) is 19.6 Å². The maximum Gasteiger partial charge on any atom is 0.224 e. The molecule has 0 radical (unpaired) electrons. The number of piperidine rings is 1.